The Labute approximate surface area is 123 Å². The van der Waals surface area contributed by atoms with E-state index in [-0.39, 0.29) is 5.91 Å². The maximum Gasteiger partial charge on any atom is 0.266 e. The molecule has 0 saturated heterocycles. The molecule has 94 valence electrons. The van der Waals surface area contributed by atoms with Crippen LogP contribution >= 0.6 is 46.1 Å². The fourth-order valence-corrected chi connectivity index (χ4v) is 3.17. The van der Waals surface area contributed by atoms with E-state index in [2.05, 4.69) is 5.32 Å². The molecule has 1 N–H and O–H groups in total. The molecule has 0 atom stereocenters. The van der Waals surface area contributed by atoms with Crippen LogP contribution in [0.25, 0.3) is 0 Å². The van der Waals surface area contributed by atoms with E-state index in [9.17, 15) is 4.79 Å². The molecule has 18 heavy (non-hydrogen) atoms. The number of rotatable bonds is 2. The zero-order valence-corrected chi connectivity index (χ0v) is 12.3. The Balaban J connectivity index is 2.31. The van der Waals surface area contributed by atoms with Gasteiger partial charge in [0.25, 0.3) is 5.91 Å². The van der Waals surface area contributed by atoms with Gasteiger partial charge < -0.3 is 5.32 Å². The van der Waals surface area contributed by atoms with Crippen molar-refractivity contribution >= 4 is 57.7 Å². The van der Waals surface area contributed by atoms with E-state index in [1.807, 2.05) is 18.4 Å². The minimum Gasteiger partial charge on any atom is -0.319 e. The summed E-state index contributed by atoms with van der Waals surface area (Å²) in [4.78, 5) is 12.7. The Morgan fingerprint density at radius 1 is 1.22 bits per heavy atom. The molecule has 2 rings (SSSR count). The predicted molar refractivity (Wildman–Crippen MR) is 78.5 cm³/mol. The lowest BCUT2D eigenvalue weighted by atomic mass is 10.2. The highest BCUT2D eigenvalue weighted by Gasteiger charge is 2.15. The van der Waals surface area contributed by atoms with Crippen LogP contribution in [0.1, 0.15) is 15.2 Å². The van der Waals surface area contributed by atoms with Crippen LogP contribution in [0.4, 0.5) is 5.69 Å². The van der Waals surface area contributed by atoms with E-state index in [1.165, 1.54) is 23.5 Å². The number of carbonyl (C=O) groups is 1. The van der Waals surface area contributed by atoms with E-state index >= 15 is 0 Å². The van der Waals surface area contributed by atoms with Crippen LogP contribution in [-0.4, -0.2) is 5.91 Å². The smallest absolute Gasteiger partial charge is 0.266 e. The van der Waals surface area contributed by atoms with Gasteiger partial charge in [-0.25, -0.2) is 0 Å². The van der Waals surface area contributed by atoms with Crippen molar-refractivity contribution in [3.63, 3.8) is 0 Å². The molecule has 1 aromatic carbocycles. The van der Waals surface area contributed by atoms with Crippen molar-refractivity contribution in [1.29, 1.82) is 0 Å². The van der Waals surface area contributed by atoms with Gasteiger partial charge in [0.1, 0.15) is 0 Å². The van der Waals surface area contributed by atoms with E-state index in [0.29, 0.717) is 25.6 Å². The molecule has 6 heteroatoms. The highest BCUT2D eigenvalue weighted by atomic mass is 35.5. The number of hydrogen-bond donors (Lipinski definition) is 1. The maximum atomic E-state index is 12.0. The number of thiophene rings is 1. The second-order valence-electron chi connectivity index (χ2n) is 3.63. The molecule has 1 amide bonds. The van der Waals surface area contributed by atoms with Crippen molar-refractivity contribution in [2.45, 2.75) is 6.92 Å². The summed E-state index contributed by atoms with van der Waals surface area (Å²) < 4.78 is 0. The second-order valence-corrected chi connectivity index (χ2v) is 5.80. The Kier molecular flexibility index (Phi) is 4.17. The first kappa shape index (κ1) is 13.7. The van der Waals surface area contributed by atoms with Crippen LogP contribution in [0.2, 0.25) is 15.1 Å². The van der Waals surface area contributed by atoms with Crippen LogP contribution in [0.15, 0.2) is 23.6 Å². The lowest BCUT2D eigenvalue weighted by molar-refractivity contribution is 0.103. The highest BCUT2D eigenvalue weighted by molar-refractivity contribution is 7.12. The van der Waals surface area contributed by atoms with Crippen LogP contribution < -0.4 is 5.32 Å². The van der Waals surface area contributed by atoms with Crippen molar-refractivity contribution < 1.29 is 4.79 Å². The first-order valence-corrected chi connectivity index (χ1v) is 7.00. The molecule has 0 spiro atoms. The van der Waals surface area contributed by atoms with E-state index < -0.39 is 0 Å². The van der Waals surface area contributed by atoms with Crippen LogP contribution in [-0.2, 0) is 0 Å². The fourth-order valence-electron chi connectivity index (χ4n) is 1.44. The number of halogens is 3. The van der Waals surface area contributed by atoms with Crippen molar-refractivity contribution in [2.75, 3.05) is 5.32 Å². The van der Waals surface area contributed by atoms with Gasteiger partial charge in [0, 0.05) is 5.02 Å². The number of carbonyl (C=O) groups excluding carboxylic acids is 1. The molecular weight excluding hydrogens is 313 g/mol. The zero-order chi connectivity index (χ0) is 13.3. The first-order valence-electron chi connectivity index (χ1n) is 4.99. The Bertz CT molecular complexity index is 586. The summed E-state index contributed by atoms with van der Waals surface area (Å²) in [6, 6.07) is 4.95. The summed E-state index contributed by atoms with van der Waals surface area (Å²) in [6.07, 6.45) is 0. The lowest BCUT2D eigenvalue weighted by Crippen LogP contribution is -2.12. The predicted octanol–water partition coefficient (Wildman–Crippen LogP) is 5.27. The first-order chi connectivity index (χ1) is 8.49. The third kappa shape index (κ3) is 2.81. The molecule has 2 nitrogen and oxygen atoms in total. The summed E-state index contributed by atoms with van der Waals surface area (Å²) in [5.74, 6) is -0.228. The van der Waals surface area contributed by atoms with Crippen LogP contribution in [0.3, 0.4) is 0 Å². The lowest BCUT2D eigenvalue weighted by Gasteiger charge is -2.09. The van der Waals surface area contributed by atoms with Gasteiger partial charge in [-0.3, -0.25) is 4.79 Å². The highest BCUT2D eigenvalue weighted by Crippen LogP contribution is 2.34. The molecule has 0 unspecified atom stereocenters. The van der Waals surface area contributed by atoms with Gasteiger partial charge in [-0.15, -0.1) is 11.3 Å². The van der Waals surface area contributed by atoms with Gasteiger partial charge in [-0.05, 0) is 36.1 Å². The van der Waals surface area contributed by atoms with Crippen molar-refractivity contribution in [3.05, 3.63) is 49.1 Å². The molecule has 0 bridgehead atoms. The molecule has 0 aliphatic rings. The number of nitrogens with one attached hydrogen (secondary N) is 1. The average molecular weight is 321 g/mol. The molecule has 0 saturated carbocycles. The number of benzene rings is 1. The Morgan fingerprint density at radius 3 is 2.33 bits per heavy atom. The average Bonchev–Trinajstić information content (AvgIpc) is 2.69. The van der Waals surface area contributed by atoms with Gasteiger partial charge >= 0.3 is 0 Å². The molecular formula is C12H8Cl3NOS. The molecule has 1 aromatic heterocycles. The van der Waals surface area contributed by atoms with Crippen molar-refractivity contribution in [2.24, 2.45) is 0 Å². The van der Waals surface area contributed by atoms with Gasteiger partial charge in [0.15, 0.2) is 0 Å². The number of hydrogen-bond acceptors (Lipinski definition) is 2. The monoisotopic (exact) mass is 319 g/mol. The molecule has 0 aliphatic carbocycles. The van der Waals surface area contributed by atoms with Crippen LogP contribution in [0.5, 0.6) is 0 Å². The van der Waals surface area contributed by atoms with Crippen molar-refractivity contribution in [1.82, 2.24) is 0 Å². The summed E-state index contributed by atoms with van der Waals surface area (Å²) in [5, 5.41) is 5.61. The molecule has 0 aliphatic heterocycles. The normalized spacial score (nSPS) is 10.4. The van der Waals surface area contributed by atoms with Crippen LogP contribution in [0, 0.1) is 6.92 Å². The summed E-state index contributed by atoms with van der Waals surface area (Å²) >= 11 is 19.2. The maximum absolute atomic E-state index is 12.0. The standard InChI is InChI=1S/C12H8Cl3NOS/c1-6-2-3-18-11(6)12(17)16-10-8(14)4-7(13)5-9(10)15/h2-5H,1H3,(H,16,17). The fraction of sp³-hybridized carbons (Fsp3) is 0.0833. The minimum absolute atomic E-state index is 0.228. The van der Waals surface area contributed by atoms with Gasteiger partial charge in [0.2, 0.25) is 0 Å². The Morgan fingerprint density at radius 2 is 1.83 bits per heavy atom. The largest absolute Gasteiger partial charge is 0.319 e. The second kappa shape index (κ2) is 5.49. The van der Waals surface area contributed by atoms with Gasteiger partial charge in [0.05, 0.1) is 20.6 Å². The summed E-state index contributed by atoms with van der Waals surface area (Å²) in [5.41, 5.74) is 1.29. The number of anilines is 1. The van der Waals surface area contributed by atoms with E-state index in [4.69, 9.17) is 34.8 Å². The summed E-state index contributed by atoms with van der Waals surface area (Å²) in [6.45, 7) is 1.87. The quantitative estimate of drug-likeness (QED) is 0.802. The molecule has 2 aromatic rings. The molecule has 1 heterocycles. The van der Waals surface area contributed by atoms with E-state index in [1.54, 1.807) is 0 Å². The third-order valence-corrected chi connectivity index (χ3v) is 4.14. The zero-order valence-electron chi connectivity index (χ0n) is 9.26. The molecule has 0 radical (unpaired) electrons. The topological polar surface area (TPSA) is 29.1 Å². The van der Waals surface area contributed by atoms with Gasteiger partial charge in [-0.2, -0.15) is 0 Å². The third-order valence-electron chi connectivity index (χ3n) is 2.31. The number of aryl methyl sites for hydroxylation is 1. The number of amides is 1. The Hall–Kier alpha value is -0.740. The molecule has 0 fully saturated rings. The van der Waals surface area contributed by atoms with Gasteiger partial charge in [-0.1, -0.05) is 34.8 Å². The minimum atomic E-state index is -0.228. The SMILES string of the molecule is Cc1ccsc1C(=O)Nc1c(Cl)cc(Cl)cc1Cl. The van der Waals surface area contributed by atoms with E-state index in [0.717, 1.165) is 5.56 Å². The summed E-state index contributed by atoms with van der Waals surface area (Å²) in [7, 11) is 0. The van der Waals surface area contributed by atoms with Crippen molar-refractivity contribution in [3.8, 4) is 0 Å².